The van der Waals surface area contributed by atoms with Crippen molar-refractivity contribution in [2.75, 3.05) is 0 Å². The van der Waals surface area contributed by atoms with Crippen molar-refractivity contribution in [3.63, 3.8) is 0 Å². The Morgan fingerprint density at radius 3 is 2.08 bits per heavy atom. The molecule has 0 spiro atoms. The average Bonchev–Trinajstić information content (AvgIpc) is 3.42. The molecular weight excluding hydrogens is 619 g/mol. The van der Waals surface area contributed by atoms with Gasteiger partial charge in [0, 0.05) is 16.7 Å². The monoisotopic (exact) mass is 651 g/mol. The normalized spacial score (nSPS) is 15.1. The van der Waals surface area contributed by atoms with Gasteiger partial charge in [-0.3, -0.25) is 0 Å². The molecule has 0 N–H and O–H groups in total. The number of aromatic nitrogens is 2. The molecule has 0 saturated carbocycles. The van der Waals surface area contributed by atoms with Gasteiger partial charge in [0.25, 0.3) is 0 Å². The van der Waals surface area contributed by atoms with E-state index >= 15 is 0 Å². The second-order valence-electron chi connectivity index (χ2n) is 14.4. The molecule has 3 nitrogen and oxygen atoms in total. The van der Waals surface area contributed by atoms with Crippen LogP contribution in [0.1, 0.15) is 53.5 Å². The Hall–Kier alpha value is -6.37. The highest BCUT2D eigenvalue weighted by Crippen LogP contribution is 2.50. The molecule has 8 aromatic rings. The minimum Gasteiger partial charge on any atom is -0.232 e. The number of fused-ring (bicyclic) bond motifs is 9. The van der Waals surface area contributed by atoms with E-state index in [1.165, 1.54) is 77.5 Å². The zero-order valence-corrected chi connectivity index (χ0v) is 28.5. The second-order valence-corrected chi connectivity index (χ2v) is 14.4. The highest BCUT2D eigenvalue weighted by molar-refractivity contribution is 6.01. The Bertz CT molecular complexity index is 2770. The number of benzene rings is 7. The van der Waals surface area contributed by atoms with Gasteiger partial charge in [0.05, 0.1) is 5.52 Å². The van der Waals surface area contributed by atoms with Crippen LogP contribution in [0.25, 0.3) is 66.2 Å². The topological polar surface area (TPSA) is 49.6 Å². The van der Waals surface area contributed by atoms with Gasteiger partial charge in [-0.1, -0.05) is 135 Å². The lowest BCUT2D eigenvalue weighted by Gasteiger charge is -2.29. The molecule has 0 radical (unpaired) electrons. The van der Waals surface area contributed by atoms with E-state index in [0.29, 0.717) is 11.5 Å². The minimum atomic E-state index is -0.0722. The van der Waals surface area contributed by atoms with Crippen molar-refractivity contribution >= 4 is 21.7 Å². The maximum absolute atomic E-state index is 10.0. The first kappa shape index (κ1) is 29.5. The number of nitrogens with zero attached hydrogens (tertiary/aromatic N) is 3. The molecule has 0 bridgehead atoms. The fourth-order valence-electron chi connectivity index (χ4n) is 8.70. The van der Waals surface area contributed by atoms with E-state index in [0.717, 1.165) is 17.3 Å². The summed E-state index contributed by atoms with van der Waals surface area (Å²) in [5, 5.41) is 13.3. The van der Waals surface area contributed by atoms with E-state index in [-0.39, 0.29) is 11.3 Å². The largest absolute Gasteiger partial charge is 0.232 e. The van der Waals surface area contributed by atoms with E-state index in [9.17, 15) is 5.26 Å². The van der Waals surface area contributed by atoms with E-state index in [1.807, 2.05) is 24.3 Å². The molecule has 3 heteroatoms. The van der Waals surface area contributed by atoms with Crippen molar-refractivity contribution < 1.29 is 0 Å². The van der Waals surface area contributed by atoms with Crippen LogP contribution in [0.5, 0.6) is 0 Å². The molecule has 0 aliphatic heterocycles. The van der Waals surface area contributed by atoms with Gasteiger partial charge in [-0.15, -0.1) is 0 Å². The standard InChI is InChI=1S/C48H33N3/c1-48(2)42-13-7-5-11-37(42)38-24-22-33(27-43(38)48)30-17-15-29(16-18-30)32-21-23-36-40(25-32)46-34(20-19-31-9-3-4-10-35(31)46)26-41(36)47-50-44-14-8-6-12-39(44)45(28-49)51-47/h3-25,27,41H,26H2,1-2H3. The summed E-state index contributed by atoms with van der Waals surface area (Å²) >= 11 is 0. The van der Waals surface area contributed by atoms with Crippen LogP contribution in [0.15, 0.2) is 146 Å². The summed E-state index contributed by atoms with van der Waals surface area (Å²) in [7, 11) is 0. The molecule has 1 aromatic heterocycles. The molecule has 1 atom stereocenters. The summed E-state index contributed by atoms with van der Waals surface area (Å²) in [5.41, 5.74) is 16.4. The van der Waals surface area contributed by atoms with Crippen molar-refractivity contribution in [1.82, 2.24) is 9.97 Å². The molecule has 0 fully saturated rings. The molecule has 240 valence electrons. The van der Waals surface area contributed by atoms with Crippen LogP contribution < -0.4 is 0 Å². The molecule has 0 saturated heterocycles. The van der Waals surface area contributed by atoms with Gasteiger partial charge >= 0.3 is 0 Å². The second kappa shape index (κ2) is 11.1. The van der Waals surface area contributed by atoms with Crippen molar-refractivity contribution in [3.05, 3.63) is 179 Å². The fraction of sp³-hybridized carbons (Fsp3) is 0.104. The number of para-hydroxylation sites is 1. The number of rotatable bonds is 3. The van der Waals surface area contributed by atoms with E-state index < -0.39 is 0 Å². The summed E-state index contributed by atoms with van der Waals surface area (Å²) in [6.45, 7) is 4.67. The minimum absolute atomic E-state index is 0.0304. The first-order valence-corrected chi connectivity index (χ1v) is 17.6. The lowest BCUT2D eigenvalue weighted by Crippen LogP contribution is -2.16. The predicted molar refractivity (Wildman–Crippen MR) is 208 cm³/mol. The molecule has 1 unspecified atom stereocenters. The maximum atomic E-state index is 10.0. The van der Waals surface area contributed by atoms with Crippen LogP contribution >= 0.6 is 0 Å². The summed E-state index contributed by atoms with van der Waals surface area (Å²) in [5.74, 6) is 0.625. The molecule has 7 aromatic carbocycles. The van der Waals surface area contributed by atoms with Crippen LogP contribution in [-0.4, -0.2) is 9.97 Å². The SMILES string of the molecule is CC1(C)c2ccccc2-c2ccc(-c3ccc(-c4ccc5c(c4)-c4c(ccc6ccccc46)CC5c4nc(C#N)c5ccccc5n4)cc3)cc21. The molecular formula is C48H33N3. The Morgan fingerprint density at radius 2 is 1.25 bits per heavy atom. The highest BCUT2D eigenvalue weighted by Gasteiger charge is 2.35. The van der Waals surface area contributed by atoms with Crippen LogP contribution in [0.4, 0.5) is 0 Å². The van der Waals surface area contributed by atoms with E-state index in [4.69, 9.17) is 9.97 Å². The highest BCUT2D eigenvalue weighted by atomic mass is 14.9. The molecule has 51 heavy (non-hydrogen) atoms. The summed E-state index contributed by atoms with van der Waals surface area (Å²) in [6.07, 6.45) is 0.771. The van der Waals surface area contributed by atoms with E-state index in [1.54, 1.807) is 0 Å². The maximum Gasteiger partial charge on any atom is 0.152 e. The third kappa shape index (κ3) is 4.50. The Balaban J connectivity index is 1.07. The van der Waals surface area contributed by atoms with Gasteiger partial charge in [0.15, 0.2) is 5.69 Å². The Kier molecular flexibility index (Phi) is 6.41. The van der Waals surface area contributed by atoms with Crippen molar-refractivity contribution in [2.24, 2.45) is 0 Å². The fourth-order valence-corrected chi connectivity index (χ4v) is 8.70. The van der Waals surface area contributed by atoms with Gasteiger partial charge in [-0.05, 0) is 108 Å². The smallest absolute Gasteiger partial charge is 0.152 e. The number of nitriles is 1. The van der Waals surface area contributed by atoms with Gasteiger partial charge in [0.1, 0.15) is 11.9 Å². The van der Waals surface area contributed by atoms with Crippen LogP contribution in [0, 0.1) is 11.3 Å². The Morgan fingerprint density at radius 1 is 0.588 bits per heavy atom. The zero-order valence-electron chi connectivity index (χ0n) is 28.5. The first-order valence-electron chi connectivity index (χ1n) is 17.6. The Labute approximate surface area is 297 Å². The van der Waals surface area contributed by atoms with Crippen molar-refractivity contribution in [3.8, 4) is 50.6 Å². The molecule has 2 aliphatic rings. The third-order valence-corrected chi connectivity index (χ3v) is 11.3. The van der Waals surface area contributed by atoms with Crippen LogP contribution in [0.2, 0.25) is 0 Å². The summed E-state index contributed by atoms with van der Waals surface area (Å²) in [6, 6.07) is 54.9. The van der Waals surface area contributed by atoms with Crippen molar-refractivity contribution in [2.45, 2.75) is 31.6 Å². The van der Waals surface area contributed by atoms with Gasteiger partial charge in [-0.25, -0.2) is 9.97 Å². The number of hydrogen-bond acceptors (Lipinski definition) is 3. The van der Waals surface area contributed by atoms with Gasteiger partial charge in [0.2, 0.25) is 0 Å². The third-order valence-electron chi connectivity index (χ3n) is 11.3. The number of hydrogen-bond donors (Lipinski definition) is 0. The van der Waals surface area contributed by atoms with Gasteiger partial charge in [-0.2, -0.15) is 5.26 Å². The van der Waals surface area contributed by atoms with Crippen LogP contribution in [-0.2, 0) is 11.8 Å². The van der Waals surface area contributed by atoms with Gasteiger partial charge < -0.3 is 0 Å². The molecule has 10 rings (SSSR count). The molecule has 2 aliphatic carbocycles. The first-order chi connectivity index (χ1) is 25.0. The lowest BCUT2D eigenvalue weighted by molar-refractivity contribution is 0.660. The van der Waals surface area contributed by atoms with Crippen molar-refractivity contribution in [1.29, 1.82) is 5.26 Å². The van der Waals surface area contributed by atoms with Crippen LogP contribution in [0.3, 0.4) is 0 Å². The predicted octanol–water partition coefficient (Wildman–Crippen LogP) is 11.6. The summed E-state index contributed by atoms with van der Waals surface area (Å²) in [4.78, 5) is 9.91. The van der Waals surface area contributed by atoms with E-state index in [2.05, 4.69) is 141 Å². The zero-order chi connectivity index (χ0) is 34.3. The quantitative estimate of drug-likeness (QED) is 0.191. The summed E-state index contributed by atoms with van der Waals surface area (Å²) < 4.78 is 0. The lowest BCUT2D eigenvalue weighted by atomic mass is 9.75. The molecule has 1 heterocycles. The average molecular weight is 652 g/mol. The molecule has 0 amide bonds.